The number of anilines is 1. The van der Waals surface area contributed by atoms with Crippen LogP contribution in [-0.2, 0) is 0 Å². The standard InChI is InChI=1S/C12H10ClNO2/c1-7-2-5-11(16-7)12(15)9-4-3-8(14)6-10(9)13/h2-6H,14H2,1H3. The highest BCUT2D eigenvalue weighted by Crippen LogP contribution is 2.22. The van der Waals surface area contributed by atoms with Crippen LogP contribution in [0.15, 0.2) is 34.7 Å². The molecule has 1 aromatic heterocycles. The van der Waals surface area contributed by atoms with Crippen molar-refractivity contribution in [2.45, 2.75) is 6.92 Å². The highest BCUT2D eigenvalue weighted by Gasteiger charge is 2.15. The van der Waals surface area contributed by atoms with Gasteiger partial charge >= 0.3 is 0 Å². The topological polar surface area (TPSA) is 56.2 Å². The first-order chi connectivity index (χ1) is 7.58. The van der Waals surface area contributed by atoms with Crippen LogP contribution in [0.2, 0.25) is 5.02 Å². The molecule has 16 heavy (non-hydrogen) atoms. The Kier molecular flexibility index (Phi) is 2.71. The Morgan fingerprint density at radius 3 is 2.62 bits per heavy atom. The van der Waals surface area contributed by atoms with Crippen LogP contribution in [0.4, 0.5) is 5.69 Å². The number of carbonyl (C=O) groups excluding carboxylic acids is 1. The maximum Gasteiger partial charge on any atom is 0.229 e. The quantitative estimate of drug-likeness (QED) is 0.643. The van der Waals surface area contributed by atoms with E-state index < -0.39 is 0 Å². The zero-order valence-corrected chi connectivity index (χ0v) is 9.41. The van der Waals surface area contributed by atoms with Crippen LogP contribution < -0.4 is 5.73 Å². The molecule has 0 fully saturated rings. The fourth-order valence-corrected chi connectivity index (χ4v) is 1.68. The predicted molar refractivity (Wildman–Crippen MR) is 62.7 cm³/mol. The van der Waals surface area contributed by atoms with Gasteiger partial charge in [-0.1, -0.05) is 11.6 Å². The monoisotopic (exact) mass is 235 g/mol. The van der Waals surface area contributed by atoms with Gasteiger partial charge in [0.15, 0.2) is 5.76 Å². The van der Waals surface area contributed by atoms with Gasteiger partial charge in [-0.05, 0) is 37.3 Å². The summed E-state index contributed by atoms with van der Waals surface area (Å²) in [6, 6.07) is 8.14. The van der Waals surface area contributed by atoms with Crippen molar-refractivity contribution in [1.82, 2.24) is 0 Å². The van der Waals surface area contributed by atoms with Gasteiger partial charge in [0.25, 0.3) is 0 Å². The minimum Gasteiger partial charge on any atom is -0.458 e. The van der Waals surface area contributed by atoms with E-state index in [2.05, 4.69) is 0 Å². The zero-order chi connectivity index (χ0) is 11.7. The highest BCUT2D eigenvalue weighted by molar-refractivity contribution is 6.35. The van der Waals surface area contributed by atoms with E-state index in [1.54, 1.807) is 37.3 Å². The van der Waals surface area contributed by atoms with E-state index >= 15 is 0 Å². The van der Waals surface area contributed by atoms with E-state index in [1.807, 2.05) is 0 Å². The largest absolute Gasteiger partial charge is 0.458 e. The predicted octanol–water partition coefficient (Wildman–Crippen LogP) is 3.05. The Morgan fingerprint density at radius 2 is 2.06 bits per heavy atom. The van der Waals surface area contributed by atoms with Crippen LogP contribution in [0.1, 0.15) is 21.9 Å². The molecule has 0 bridgehead atoms. The molecule has 1 heterocycles. The molecule has 2 aromatic rings. The van der Waals surface area contributed by atoms with Crippen molar-refractivity contribution in [2.24, 2.45) is 0 Å². The second-order valence-corrected chi connectivity index (χ2v) is 3.89. The van der Waals surface area contributed by atoms with Gasteiger partial charge < -0.3 is 10.2 Å². The van der Waals surface area contributed by atoms with Crippen LogP contribution >= 0.6 is 11.6 Å². The second-order valence-electron chi connectivity index (χ2n) is 3.48. The molecule has 0 unspecified atom stereocenters. The lowest BCUT2D eigenvalue weighted by Crippen LogP contribution is -2.01. The third kappa shape index (κ3) is 1.95. The molecule has 82 valence electrons. The smallest absolute Gasteiger partial charge is 0.229 e. The van der Waals surface area contributed by atoms with Gasteiger partial charge in [-0.15, -0.1) is 0 Å². The van der Waals surface area contributed by atoms with Crippen LogP contribution in [0.25, 0.3) is 0 Å². The summed E-state index contributed by atoms with van der Waals surface area (Å²) in [7, 11) is 0. The zero-order valence-electron chi connectivity index (χ0n) is 8.66. The van der Waals surface area contributed by atoms with E-state index in [0.717, 1.165) is 0 Å². The average molecular weight is 236 g/mol. The highest BCUT2D eigenvalue weighted by atomic mass is 35.5. The lowest BCUT2D eigenvalue weighted by Gasteiger charge is -2.02. The third-order valence-electron chi connectivity index (χ3n) is 2.20. The summed E-state index contributed by atoms with van der Waals surface area (Å²) in [5, 5.41) is 0.332. The molecule has 3 nitrogen and oxygen atoms in total. The maximum absolute atomic E-state index is 12.0. The minimum atomic E-state index is -0.238. The fraction of sp³-hybridized carbons (Fsp3) is 0.0833. The van der Waals surface area contributed by atoms with E-state index in [0.29, 0.717) is 22.0 Å². The molecule has 0 atom stereocenters. The summed E-state index contributed by atoms with van der Waals surface area (Å²) in [5.41, 5.74) is 6.47. The number of nitrogen functional groups attached to an aromatic ring is 1. The number of carbonyl (C=O) groups is 1. The van der Waals surface area contributed by atoms with E-state index in [9.17, 15) is 4.79 Å². The Morgan fingerprint density at radius 1 is 1.31 bits per heavy atom. The SMILES string of the molecule is Cc1ccc(C(=O)c2ccc(N)cc2Cl)o1. The lowest BCUT2D eigenvalue weighted by molar-refractivity contribution is 0.101. The summed E-state index contributed by atoms with van der Waals surface area (Å²) in [6.07, 6.45) is 0. The van der Waals surface area contributed by atoms with Gasteiger partial charge in [-0.25, -0.2) is 0 Å². The Bertz CT molecular complexity index is 546. The number of nitrogens with two attached hydrogens (primary N) is 1. The normalized spacial score (nSPS) is 10.4. The molecule has 0 saturated carbocycles. The summed E-state index contributed by atoms with van der Waals surface area (Å²) in [5.74, 6) is 0.734. The van der Waals surface area contributed by atoms with Gasteiger partial charge in [-0.3, -0.25) is 4.79 Å². The molecule has 4 heteroatoms. The maximum atomic E-state index is 12.0. The minimum absolute atomic E-state index is 0.238. The molecular weight excluding hydrogens is 226 g/mol. The number of aryl methyl sites for hydroxylation is 1. The van der Waals surface area contributed by atoms with Crippen molar-refractivity contribution in [2.75, 3.05) is 5.73 Å². The Labute approximate surface area is 97.8 Å². The molecule has 0 saturated heterocycles. The van der Waals surface area contributed by atoms with E-state index in [1.165, 1.54) is 0 Å². The van der Waals surface area contributed by atoms with Crippen LogP contribution in [0.5, 0.6) is 0 Å². The molecule has 0 spiro atoms. The number of ketones is 1. The number of halogens is 1. The molecule has 2 rings (SSSR count). The fourth-order valence-electron chi connectivity index (χ4n) is 1.40. The second kappa shape index (κ2) is 4.02. The van der Waals surface area contributed by atoms with E-state index in [4.69, 9.17) is 21.8 Å². The van der Waals surface area contributed by atoms with Crippen LogP contribution in [0, 0.1) is 6.92 Å². The molecule has 1 aromatic carbocycles. The van der Waals surface area contributed by atoms with Gasteiger partial charge in [-0.2, -0.15) is 0 Å². The van der Waals surface area contributed by atoms with Crippen LogP contribution in [0.3, 0.4) is 0 Å². The van der Waals surface area contributed by atoms with E-state index in [-0.39, 0.29) is 11.5 Å². The van der Waals surface area contributed by atoms with Crippen molar-refractivity contribution in [1.29, 1.82) is 0 Å². The molecule has 0 amide bonds. The molecule has 0 aliphatic rings. The van der Waals surface area contributed by atoms with Crippen molar-refractivity contribution in [3.05, 3.63) is 52.4 Å². The Balaban J connectivity index is 2.41. The number of hydrogen-bond acceptors (Lipinski definition) is 3. The first-order valence-corrected chi connectivity index (χ1v) is 5.12. The first-order valence-electron chi connectivity index (χ1n) is 4.74. The number of benzene rings is 1. The van der Waals surface area contributed by atoms with Gasteiger partial charge in [0, 0.05) is 11.3 Å². The summed E-state index contributed by atoms with van der Waals surface area (Å²) in [4.78, 5) is 12.0. The average Bonchev–Trinajstić information content (AvgIpc) is 2.64. The van der Waals surface area contributed by atoms with Gasteiger partial charge in [0.2, 0.25) is 5.78 Å². The molecule has 2 N–H and O–H groups in total. The van der Waals surface area contributed by atoms with Crippen molar-refractivity contribution >= 4 is 23.1 Å². The van der Waals surface area contributed by atoms with Gasteiger partial charge in [0.1, 0.15) is 5.76 Å². The summed E-state index contributed by atoms with van der Waals surface area (Å²) < 4.78 is 5.25. The van der Waals surface area contributed by atoms with Gasteiger partial charge in [0.05, 0.1) is 5.02 Å². The summed E-state index contributed by atoms with van der Waals surface area (Å²) >= 11 is 5.94. The molecule has 0 radical (unpaired) electrons. The molecule has 0 aliphatic carbocycles. The molecular formula is C12H10ClNO2. The Hall–Kier alpha value is -1.74. The first kappa shape index (κ1) is 10.8. The van der Waals surface area contributed by atoms with Crippen LogP contribution in [-0.4, -0.2) is 5.78 Å². The van der Waals surface area contributed by atoms with Crippen molar-refractivity contribution < 1.29 is 9.21 Å². The lowest BCUT2D eigenvalue weighted by atomic mass is 10.1. The van der Waals surface area contributed by atoms with Crippen molar-refractivity contribution in [3.63, 3.8) is 0 Å². The van der Waals surface area contributed by atoms with Crippen molar-refractivity contribution in [3.8, 4) is 0 Å². The number of hydrogen-bond donors (Lipinski definition) is 1. The number of furan rings is 1. The third-order valence-corrected chi connectivity index (χ3v) is 2.51. The summed E-state index contributed by atoms with van der Waals surface area (Å²) in [6.45, 7) is 1.78. The number of rotatable bonds is 2. The molecule has 0 aliphatic heterocycles.